The van der Waals surface area contributed by atoms with E-state index in [0.29, 0.717) is 40.0 Å². The molecule has 2 N–H and O–H groups in total. The summed E-state index contributed by atoms with van der Waals surface area (Å²) in [4.78, 5) is 9.42. The second-order valence-electron chi connectivity index (χ2n) is 13.4. The zero-order valence-electron chi connectivity index (χ0n) is 22.2. The number of aromatic nitrogens is 2. The maximum absolute atomic E-state index is 11.8. The van der Waals surface area contributed by atoms with E-state index in [0.717, 1.165) is 61.2 Å². The van der Waals surface area contributed by atoms with E-state index >= 15 is 0 Å². The summed E-state index contributed by atoms with van der Waals surface area (Å²) in [6, 6.07) is 5.78. The maximum atomic E-state index is 11.8. The lowest BCUT2D eigenvalue weighted by Gasteiger charge is -2.62. The van der Waals surface area contributed by atoms with Crippen molar-refractivity contribution in [1.82, 2.24) is 9.97 Å². The third-order valence-electron chi connectivity index (χ3n) is 11.9. The van der Waals surface area contributed by atoms with Crippen molar-refractivity contribution in [2.45, 2.75) is 97.2 Å². The molecular formula is C31H43ClN2O2. The Bertz CT molecular complexity index is 1120. The molecule has 0 saturated heterocycles. The Kier molecular flexibility index (Phi) is 6.41. The molecule has 0 bridgehead atoms. The molecule has 4 aliphatic rings. The van der Waals surface area contributed by atoms with Gasteiger partial charge >= 0.3 is 0 Å². The Labute approximate surface area is 221 Å². The van der Waals surface area contributed by atoms with Crippen molar-refractivity contribution >= 4 is 22.5 Å². The molecule has 36 heavy (non-hydrogen) atoms. The number of fused-ring (bicyclic) bond motifs is 6. The van der Waals surface area contributed by atoms with E-state index in [1.807, 2.05) is 24.4 Å². The number of aryl methyl sites for hydroxylation is 1. The predicted octanol–water partition coefficient (Wildman–Crippen LogP) is 6.84. The Balaban J connectivity index is 1.18. The highest BCUT2D eigenvalue weighted by Gasteiger charge is 2.63. The van der Waals surface area contributed by atoms with E-state index in [1.54, 1.807) is 0 Å². The highest BCUT2D eigenvalue weighted by molar-refractivity contribution is 6.31. The Hall–Kier alpha value is -1.23. The van der Waals surface area contributed by atoms with E-state index in [2.05, 4.69) is 25.8 Å². The fraction of sp³-hybridized carbons (Fsp3) is 0.742. The highest BCUT2D eigenvalue weighted by Crippen LogP contribution is 2.68. The van der Waals surface area contributed by atoms with Crippen molar-refractivity contribution in [2.75, 3.05) is 0 Å². The number of aliphatic hydroxyl groups excluding tert-OH is 2. The molecule has 2 aromatic rings. The number of halogens is 1. The Morgan fingerprint density at radius 2 is 1.89 bits per heavy atom. The first kappa shape index (κ1) is 25.1. The molecule has 1 aromatic heterocycles. The van der Waals surface area contributed by atoms with Gasteiger partial charge in [-0.2, -0.15) is 0 Å². The van der Waals surface area contributed by atoms with Crippen LogP contribution in [0.2, 0.25) is 5.02 Å². The number of aliphatic hydroxyl groups is 2. The van der Waals surface area contributed by atoms with Gasteiger partial charge in [0, 0.05) is 23.0 Å². The minimum atomic E-state index is -0.222. The van der Waals surface area contributed by atoms with Gasteiger partial charge in [-0.15, -0.1) is 0 Å². The van der Waals surface area contributed by atoms with Crippen LogP contribution in [0.3, 0.4) is 0 Å². The predicted molar refractivity (Wildman–Crippen MR) is 145 cm³/mol. The maximum Gasteiger partial charge on any atom is 0.128 e. The Morgan fingerprint density at radius 1 is 1.06 bits per heavy atom. The molecule has 0 amide bonds. The summed E-state index contributed by atoms with van der Waals surface area (Å²) in [7, 11) is 0. The summed E-state index contributed by atoms with van der Waals surface area (Å²) in [5, 5.41) is 23.9. The standard InChI is InChI=1S/C31H43ClN2O2/c1-18(4-11-29-33-17-19-5-7-21(32)15-27(19)34-29)24-9-10-25-23-8-6-20-14-22(35)12-13-30(20,2)26(23)16-28(36)31(24,25)3/h5,7,15,17-18,20,22-26,28,35-36H,4,6,8-14,16H2,1-3H3/t18-,20-,22-,23+,24-,25+,26?,28+,30+,31-/m1/s1. The first-order valence-corrected chi connectivity index (χ1v) is 14.8. The van der Waals surface area contributed by atoms with Crippen LogP contribution in [0.4, 0.5) is 0 Å². The summed E-state index contributed by atoms with van der Waals surface area (Å²) in [6.45, 7) is 7.33. The van der Waals surface area contributed by atoms with E-state index in [1.165, 1.54) is 25.7 Å². The fourth-order valence-electron chi connectivity index (χ4n) is 9.87. The summed E-state index contributed by atoms with van der Waals surface area (Å²) >= 11 is 6.18. The summed E-state index contributed by atoms with van der Waals surface area (Å²) in [6.07, 6.45) is 12.6. The molecule has 0 spiro atoms. The van der Waals surface area contributed by atoms with Crippen molar-refractivity contribution in [1.29, 1.82) is 0 Å². The van der Waals surface area contributed by atoms with Crippen LogP contribution in [0.15, 0.2) is 24.4 Å². The van der Waals surface area contributed by atoms with Gasteiger partial charge in [-0.05, 0) is 122 Å². The van der Waals surface area contributed by atoms with Gasteiger partial charge < -0.3 is 10.2 Å². The van der Waals surface area contributed by atoms with Gasteiger partial charge in [0.25, 0.3) is 0 Å². The summed E-state index contributed by atoms with van der Waals surface area (Å²) < 4.78 is 0. The van der Waals surface area contributed by atoms with Crippen LogP contribution >= 0.6 is 11.6 Å². The quantitative estimate of drug-likeness (QED) is 0.472. The number of nitrogens with zero attached hydrogens (tertiary/aromatic N) is 2. The van der Waals surface area contributed by atoms with Gasteiger partial charge in [0.1, 0.15) is 5.82 Å². The monoisotopic (exact) mass is 510 g/mol. The van der Waals surface area contributed by atoms with Crippen molar-refractivity contribution in [2.24, 2.45) is 46.3 Å². The van der Waals surface area contributed by atoms with Crippen molar-refractivity contribution in [3.8, 4) is 0 Å². The number of benzene rings is 1. The molecule has 1 aromatic carbocycles. The van der Waals surface area contributed by atoms with Crippen LogP contribution in [-0.4, -0.2) is 32.4 Å². The summed E-state index contributed by atoms with van der Waals surface area (Å²) in [5.74, 6) is 4.58. The molecule has 0 radical (unpaired) electrons. The zero-order chi connectivity index (χ0) is 25.2. The van der Waals surface area contributed by atoms with Gasteiger partial charge in [-0.25, -0.2) is 9.97 Å². The van der Waals surface area contributed by atoms with Crippen molar-refractivity contribution in [3.05, 3.63) is 35.2 Å². The van der Waals surface area contributed by atoms with Crippen LogP contribution < -0.4 is 0 Å². The lowest BCUT2D eigenvalue weighted by atomic mass is 9.43. The van der Waals surface area contributed by atoms with Crippen molar-refractivity contribution in [3.63, 3.8) is 0 Å². The third-order valence-corrected chi connectivity index (χ3v) is 12.2. The molecule has 4 saturated carbocycles. The van der Waals surface area contributed by atoms with E-state index in [4.69, 9.17) is 16.6 Å². The normalized spacial score (nSPS) is 43.0. The van der Waals surface area contributed by atoms with Gasteiger partial charge in [0.2, 0.25) is 0 Å². The molecule has 4 fully saturated rings. The molecule has 196 valence electrons. The SMILES string of the molecule is C[C@H](CCc1ncc2ccc(Cl)cc2n1)[C@H]1CC[C@H]2[C@@H]3CC[C@@H]4C[C@H](O)CC[C@]4(C)C3C[C@H](O)[C@]12C. The summed E-state index contributed by atoms with van der Waals surface area (Å²) in [5.41, 5.74) is 1.22. The average Bonchev–Trinajstić information content (AvgIpc) is 3.22. The third kappa shape index (κ3) is 3.93. The van der Waals surface area contributed by atoms with Crippen LogP contribution in [0.5, 0.6) is 0 Å². The molecule has 5 heteroatoms. The second kappa shape index (κ2) is 9.20. The second-order valence-corrected chi connectivity index (χ2v) is 13.8. The minimum Gasteiger partial charge on any atom is -0.393 e. The van der Waals surface area contributed by atoms with Crippen LogP contribution in [-0.2, 0) is 6.42 Å². The van der Waals surface area contributed by atoms with Crippen molar-refractivity contribution < 1.29 is 10.2 Å². The van der Waals surface area contributed by atoms with Crippen LogP contribution in [0.1, 0.15) is 84.4 Å². The first-order chi connectivity index (χ1) is 17.2. The van der Waals surface area contributed by atoms with Gasteiger partial charge in [0.05, 0.1) is 17.7 Å². The molecule has 0 aliphatic heterocycles. The lowest BCUT2D eigenvalue weighted by molar-refractivity contribution is -0.174. The van der Waals surface area contributed by atoms with E-state index in [9.17, 15) is 10.2 Å². The zero-order valence-corrected chi connectivity index (χ0v) is 22.9. The topological polar surface area (TPSA) is 66.2 Å². The molecular weight excluding hydrogens is 468 g/mol. The van der Waals surface area contributed by atoms with Gasteiger partial charge in [0.15, 0.2) is 0 Å². The average molecular weight is 511 g/mol. The first-order valence-electron chi connectivity index (χ1n) is 14.5. The molecule has 1 heterocycles. The number of hydrogen-bond donors (Lipinski definition) is 2. The minimum absolute atomic E-state index is 0.00965. The highest BCUT2D eigenvalue weighted by atomic mass is 35.5. The van der Waals surface area contributed by atoms with Crippen LogP contribution in [0.25, 0.3) is 10.9 Å². The number of hydrogen-bond acceptors (Lipinski definition) is 4. The van der Waals surface area contributed by atoms with E-state index in [-0.39, 0.29) is 17.6 Å². The van der Waals surface area contributed by atoms with Crippen LogP contribution in [0, 0.1) is 46.3 Å². The number of rotatable bonds is 4. The lowest BCUT2D eigenvalue weighted by Crippen LogP contribution is -2.58. The largest absolute Gasteiger partial charge is 0.393 e. The molecule has 6 rings (SSSR count). The van der Waals surface area contributed by atoms with E-state index < -0.39 is 0 Å². The fourth-order valence-corrected chi connectivity index (χ4v) is 10.0. The molecule has 1 unspecified atom stereocenters. The molecule has 4 aliphatic carbocycles. The smallest absolute Gasteiger partial charge is 0.128 e. The Morgan fingerprint density at radius 3 is 2.72 bits per heavy atom. The van der Waals surface area contributed by atoms with Gasteiger partial charge in [-0.1, -0.05) is 32.4 Å². The molecule has 10 atom stereocenters. The van der Waals surface area contributed by atoms with Gasteiger partial charge in [-0.3, -0.25) is 0 Å². The molecule has 4 nitrogen and oxygen atoms in total.